The fourth-order valence-electron chi connectivity index (χ4n) is 2.06. The summed E-state index contributed by atoms with van der Waals surface area (Å²) in [6, 6.07) is 22.7. The minimum Gasteiger partial charge on any atom is -0.506 e. The smallest absolute Gasteiger partial charge is 0.201 e. The Kier molecular flexibility index (Phi) is 5.01. The van der Waals surface area contributed by atoms with E-state index in [9.17, 15) is 10.2 Å². The maximum atomic E-state index is 9.82. The fraction of sp³-hybridized carbons (Fsp3) is 0. The van der Waals surface area contributed by atoms with Crippen molar-refractivity contribution in [1.82, 2.24) is 0 Å². The molecule has 0 aliphatic heterocycles. The van der Waals surface area contributed by atoms with E-state index < -0.39 is 0 Å². The van der Waals surface area contributed by atoms with Crippen molar-refractivity contribution >= 4 is 17.2 Å². The van der Waals surface area contributed by atoms with Crippen molar-refractivity contribution < 1.29 is 10.2 Å². The molecule has 0 amide bonds. The van der Waals surface area contributed by atoms with Crippen LogP contribution in [0.1, 0.15) is 5.56 Å². The second-order valence-electron chi connectivity index (χ2n) is 5.12. The van der Waals surface area contributed by atoms with Gasteiger partial charge in [-0.15, -0.1) is 10.2 Å². The van der Waals surface area contributed by atoms with Crippen LogP contribution in [0.2, 0.25) is 0 Å². The third kappa shape index (κ3) is 4.20. The van der Waals surface area contributed by atoms with Crippen molar-refractivity contribution in [2.24, 2.45) is 15.3 Å². The third-order valence-electron chi connectivity index (χ3n) is 3.35. The first-order chi connectivity index (χ1) is 12.2. The van der Waals surface area contributed by atoms with E-state index in [1.165, 1.54) is 6.07 Å². The average Bonchev–Trinajstić information content (AvgIpc) is 2.65. The summed E-state index contributed by atoms with van der Waals surface area (Å²) >= 11 is 0. The molecule has 0 saturated heterocycles. The zero-order chi connectivity index (χ0) is 17.5. The topological polar surface area (TPSA) is 89.6 Å². The summed E-state index contributed by atoms with van der Waals surface area (Å²) in [6.45, 7) is 0. The van der Waals surface area contributed by atoms with Gasteiger partial charge in [-0.2, -0.15) is 5.10 Å². The summed E-state index contributed by atoms with van der Waals surface area (Å²) in [5, 5.41) is 32.0. The molecular weight excluding hydrogens is 316 g/mol. The highest BCUT2D eigenvalue weighted by molar-refractivity contribution is 5.99. The normalized spacial score (nSPS) is 11.6. The van der Waals surface area contributed by atoms with E-state index in [0.29, 0.717) is 17.2 Å². The molecule has 3 aromatic carbocycles. The molecule has 3 aromatic rings. The molecule has 6 nitrogen and oxygen atoms in total. The van der Waals surface area contributed by atoms with Gasteiger partial charge in [0, 0.05) is 5.56 Å². The summed E-state index contributed by atoms with van der Waals surface area (Å²) in [7, 11) is 0. The van der Waals surface area contributed by atoms with Crippen LogP contribution in [0.3, 0.4) is 0 Å². The predicted molar refractivity (Wildman–Crippen MR) is 97.3 cm³/mol. The van der Waals surface area contributed by atoms with E-state index >= 15 is 0 Å². The van der Waals surface area contributed by atoms with Gasteiger partial charge in [-0.05, 0) is 24.3 Å². The molecule has 0 unspecified atom stereocenters. The summed E-state index contributed by atoms with van der Waals surface area (Å²) in [4.78, 5) is 0. The lowest BCUT2D eigenvalue weighted by Gasteiger charge is -2.05. The number of benzene rings is 3. The Labute approximate surface area is 144 Å². The molecule has 0 spiro atoms. The van der Waals surface area contributed by atoms with Gasteiger partial charge in [-0.3, -0.25) is 5.43 Å². The molecule has 0 aliphatic carbocycles. The SMILES string of the molecule is Oc1ccccc1N=NC(=NNc1ccccc1O)c1ccccc1. The van der Waals surface area contributed by atoms with Crippen molar-refractivity contribution in [2.45, 2.75) is 0 Å². The maximum Gasteiger partial charge on any atom is 0.201 e. The second-order valence-corrected chi connectivity index (χ2v) is 5.12. The van der Waals surface area contributed by atoms with Crippen molar-refractivity contribution in [3.05, 3.63) is 84.4 Å². The molecule has 0 atom stereocenters. The summed E-state index contributed by atoms with van der Waals surface area (Å²) in [5.41, 5.74) is 4.32. The van der Waals surface area contributed by atoms with E-state index in [1.807, 2.05) is 30.3 Å². The highest BCUT2D eigenvalue weighted by Gasteiger charge is 2.05. The molecule has 124 valence electrons. The number of aromatic hydroxyl groups is 2. The molecule has 0 fully saturated rings. The molecule has 0 aliphatic rings. The number of nitrogens with zero attached hydrogens (tertiary/aromatic N) is 3. The molecular formula is C19H16N4O2. The molecule has 0 heterocycles. The largest absolute Gasteiger partial charge is 0.506 e. The third-order valence-corrected chi connectivity index (χ3v) is 3.35. The van der Waals surface area contributed by atoms with E-state index in [0.717, 1.165) is 5.56 Å². The van der Waals surface area contributed by atoms with Gasteiger partial charge in [0.25, 0.3) is 0 Å². The van der Waals surface area contributed by atoms with Gasteiger partial charge in [0.1, 0.15) is 17.2 Å². The number of amidine groups is 1. The van der Waals surface area contributed by atoms with Crippen molar-refractivity contribution in [2.75, 3.05) is 5.43 Å². The van der Waals surface area contributed by atoms with E-state index in [-0.39, 0.29) is 11.5 Å². The van der Waals surface area contributed by atoms with Gasteiger partial charge in [0.05, 0.1) is 5.69 Å². The number of hydrogen-bond donors (Lipinski definition) is 3. The van der Waals surface area contributed by atoms with E-state index in [1.54, 1.807) is 42.5 Å². The predicted octanol–water partition coefficient (Wildman–Crippen LogP) is 4.66. The zero-order valence-electron chi connectivity index (χ0n) is 13.2. The number of anilines is 1. The number of hydrazone groups is 1. The number of nitrogens with one attached hydrogen (secondary N) is 1. The van der Waals surface area contributed by atoms with Crippen molar-refractivity contribution in [1.29, 1.82) is 0 Å². The molecule has 3 N–H and O–H groups in total. The Balaban J connectivity index is 1.92. The summed E-state index contributed by atoms with van der Waals surface area (Å²) < 4.78 is 0. The van der Waals surface area contributed by atoms with Crippen LogP contribution >= 0.6 is 0 Å². The highest BCUT2D eigenvalue weighted by Crippen LogP contribution is 2.26. The van der Waals surface area contributed by atoms with Crippen LogP contribution in [0, 0.1) is 0 Å². The Hall–Kier alpha value is -3.67. The molecule has 3 rings (SSSR count). The molecule has 0 radical (unpaired) electrons. The summed E-state index contributed by atoms with van der Waals surface area (Å²) in [5.74, 6) is 0.427. The van der Waals surface area contributed by atoms with Crippen LogP contribution in [-0.2, 0) is 0 Å². The van der Waals surface area contributed by atoms with Gasteiger partial charge in [0.2, 0.25) is 5.84 Å². The van der Waals surface area contributed by atoms with Crippen LogP contribution < -0.4 is 5.43 Å². The number of azo groups is 1. The molecule has 6 heteroatoms. The number of hydrogen-bond acceptors (Lipinski definition) is 5. The van der Waals surface area contributed by atoms with Crippen LogP contribution in [0.4, 0.5) is 11.4 Å². The van der Waals surface area contributed by atoms with Crippen LogP contribution in [0.25, 0.3) is 0 Å². The van der Waals surface area contributed by atoms with Gasteiger partial charge in [-0.25, -0.2) is 0 Å². The van der Waals surface area contributed by atoms with Crippen molar-refractivity contribution in [3.8, 4) is 11.5 Å². The lowest BCUT2D eigenvalue weighted by molar-refractivity contribution is 0.476. The monoisotopic (exact) mass is 332 g/mol. The fourth-order valence-corrected chi connectivity index (χ4v) is 2.06. The first-order valence-electron chi connectivity index (χ1n) is 7.61. The summed E-state index contributed by atoms with van der Waals surface area (Å²) in [6.07, 6.45) is 0. The lowest BCUT2D eigenvalue weighted by atomic mass is 10.2. The standard InChI is InChI=1S/C19H16N4O2/c24-17-12-6-4-10-15(17)20-22-19(14-8-2-1-3-9-14)23-21-16-11-5-7-13-18(16)25/h1-13,20,24-25H. The van der Waals surface area contributed by atoms with Crippen LogP contribution in [-0.4, -0.2) is 16.0 Å². The molecule has 0 aromatic heterocycles. The number of phenolic OH excluding ortho intramolecular Hbond substituents is 2. The number of phenols is 2. The molecule has 0 saturated carbocycles. The minimum absolute atomic E-state index is 0.0346. The van der Waals surface area contributed by atoms with Gasteiger partial charge >= 0.3 is 0 Å². The first kappa shape index (κ1) is 16.2. The van der Waals surface area contributed by atoms with Crippen LogP contribution in [0.5, 0.6) is 11.5 Å². The Morgan fingerprint density at radius 2 is 1.36 bits per heavy atom. The Bertz CT molecular complexity index is 908. The van der Waals surface area contributed by atoms with Gasteiger partial charge < -0.3 is 10.2 Å². The average molecular weight is 332 g/mol. The number of rotatable bonds is 4. The first-order valence-corrected chi connectivity index (χ1v) is 7.61. The van der Waals surface area contributed by atoms with E-state index in [2.05, 4.69) is 20.8 Å². The highest BCUT2D eigenvalue weighted by atomic mass is 16.3. The lowest BCUT2D eigenvalue weighted by Crippen LogP contribution is -2.01. The van der Waals surface area contributed by atoms with Crippen molar-refractivity contribution in [3.63, 3.8) is 0 Å². The Morgan fingerprint density at radius 3 is 2.08 bits per heavy atom. The molecule has 25 heavy (non-hydrogen) atoms. The second kappa shape index (κ2) is 7.74. The van der Waals surface area contributed by atoms with Gasteiger partial charge in [-0.1, -0.05) is 54.6 Å². The minimum atomic E-state index is 0.0346. The molecule has 0 bridgehead atoms. The Morgan fingerprint density at radius 1 is 0.720 bits per heavy atom. The van der Waals surface area contributed by atoms with E-state index in [4.69, 9.17) is 0 Å². The van der Waals surface area contributed by atoms with Gasteiger partial charge in [0.15, 0.2) is 0 Å². The quantitative estimate of drug-likeness (QED) is 0.213. The van der Waals surface area contributed by atoms with Crippen LogP contribution in [0.15, 0.2) is 94.2 Å². The maximum absolute atomic E-state index is 9.82. The zero-order valence-corrected chi connectivity index (χ0v) is 13.2. The number of para-hydroxylation sites is 3.